The number of ether oxygens (including phenoxy) is 5. The zero-order chi connectivity index (χ0) is 25.1. The second-order valence-electron chi connectivity index (χ2n) is 7.80. The highest BCUT2D eigenvalue weighted by Gasteiger charge is 2.20. The molecule has 0 unspecified atom stereocenters. The summed E-state index contributed by atoms with van der Waals surface area (Å²) in [5.74, 6) is -0.0645. The molecule has 1 aromatic heterocycles. The van der Waals surface area contributed by atoms with Crippen LogP contribution in [-0.4, -0.2) is 43.4 Å². The average molecular weight is 487 g/mol. The quantitative estimate of drug-likeness (QED) is 0.324. The number of halogens is 2. The fraction of sp³-hybridized carbons (Fsp3) is 0.280. The SMILES string of the molecule is COc1cc(C(=O)OCC(=O)c2cc(C)n(Cc3ccc4c(c3)OCO4)c2C)ccc1OC(F)F. The van der Waals surface area contributed by atoms with Crippen LogP contribution in [0.2, 0.25) is 0 Å². The van der Waals surface area contributed by atoms with Crippen LogP contribution in [0, 0.1) is 13.8 Å². The molecule has 3 aromatic rings. The van der Waals surface area contributed by atoms with Gasteiger partial charge in [0.25, 0.3) is 0 Å². The second kappa shape index (κ2) is 10.0. The molecule has 0 saturated heterocycles. The van der Waals surface area contributed by atoms with Gasteiger partial charge in [0, 0.05) is 23.5 Å². The van der Waals surface area contributed by atoms with Crippen LogP contribution in [0.25, 0.3) is 0 Å². The Kier molecular flexibility index (Phi) is 6.90. The van der Waals surface area contributed by atoms with Gasteiger partial charge in [-0.15, -0.1) is 0 Å². The summed E-state index contributed by atoms with van der Waals surface area (Å²) in [4.78, 5) is 25.2. The Bertz CT molecular complexity index is 1270. The fourth-order valence-corrected chi connectivity index (χ4v) is 3.83. The van der Waals surface area contributed by atoms with E-state index in [0.717, 1.165) is 17.0 Å². The zero-order valence-electron chi connectivity index (χ0n) is 19.3. The molecule has 0 saturated carbocycles. The topological polar surface area (TPSA) is 85.2 Å². The molecule has 184 valence electrons. The molecular formula is C25H23F2NO7. The van der Waals surface area contributed by atoms with E-state index in [1.165, 1.54) is 25.3 Å². The van der Waals surface area contributed by atoms with Crippen molar-refractivity contribution >= 4 is 11.8 Å². The molecule has 0 spiro atoms. The zero-order valence-corrected chi connectivity index (χ0v) is 19.3. The molecule has 0 aliphatic carbocycles. The van der Waals surface area contributed by atoms with Crippen LogP contribution in [0.5, 0.6) is 23.0 Å². The van der Waals surface area contributed by atoms with Gasteiger partial charge in [-0.25, -0.2) is 4.79 Å². The number of rotatable bonds is 9. The number of carbonyl (C=O) groups excluding carboxylic acids is 2. The van der Waals surface area contributed by atoms with E-state index in [4.69, 9.17) is 18.9 Å². The largest absolute Gasteiger partial charge is 0.493 e. The van der Waals surface area contributed by atoms with Crippen molar-refractivity contribution in [3.63, 3.8) is 0 Å². The van der Waals surface area contributed by atoms with Crippen molar-refractivity contribution in [2.24, 2.45) is 0 Å². The summed E-state index contributed by atoms with van der Waals surface area (Å²) in [5.41, 5.74) is 3.05. The highest BCUT2D eigenvalue weighted by atomic mass is 19.3. The molecule has 10 heteroatoms. The molecule has 0 bridgehead atoms. The Morgan fingerprint density at radius 1 is 1.03 bits per heavy atom. The fourth-order valence-electron chi connectivity index (χ4n) is 3.83. The maximum atomic E-state index is 12.8. The normalized spacial score (nSPS) is 12.1. The number of hydrogen-bond acceptors (Lipinski definition) is 7. The smallest absolute Gasteiger partial charge is 0.387 e. The number of nitrogens with zero attached hydrogens (tertiary/aromatic N) is 1. The van der Waals surface area contributed by atoms with E-state index < -0.39 is 19.2 Å². The molecule has 2 heterocycles. The molecule has 1 aliphatic rings. The van der Waals surface area contributed by atoms with Gasteiger partial charge >= 0.3 is 12.6 Å². The Balaban J connectivity index is 1.43. The predicted molar refractivity (Wildman–Crippen MR) is 120 cm³/mol. The van der Waals surface area contributed by atoms with E-state index in [0.29, 0.717) is 23.6 Å². The van der Waals surface area contributed by atoms with Gasteiger partial charge in [0.2, 0.25) is 12.6 Å². The molecule has 35 heavy (non-hydrogen) atoms. The van der Waals surface area contributed by atoms with Gasteiger partial charge in [0.1, 0.15) is 0 Å². The molecule has 2 aromatic carbocycles. The number of fused-ring (bicyclic) bond motifs is 1. The minimum Gasteiger partial charge on any atom is -0.493 e. The average Bonchev–Trinajstić information content (AvgIpc) is 3.41. The van der Waals surface area contributed by atoms with Crippen molar-refractivity contribution in [3.8, 4) is 23.0 Å². The molecule has 8 nitrogen and oxygen atoms in total. The van der Waals surface area contributed by atoms with Crippen LogP contribution in [0.4, 0.5) is 8.78 Å². The van der Waals surface area contributed by atoms with Crippen LogP contribution >= 0.6 is 0 Å². The molecular weight excluding hydrogens is 464 g/mol. The first-order valence-corrected chi connectivity index (χ1v) is 10.6. The van der Waals surface area contributed by atoms with Gasteiger partial charge in [0.15, 0.2) is 29.6 Å². The molecule has 1 aliphatic heterocycles. The van der Waals surface area contributed by atoms with Gasteiger partial charge in [-0.3, -0.25) is 4.79 Å². The lowest BCUT2D eigenvalue weighted by Gasteiger charge is -2.12. The lowest BCUT2D eigenvalue weighted by molar-refractivity contribution is -0.0512. The summed E-state index contributed by atoms with van der Waals surface area (Å²) in [6.07, 6.45) is 0. The number of carbonyl (C=O) groups is 2. The number of ketones is 1. The van der Waals surface area contributed by atoms with Gasteiger partial charge in [-0.05, 0) is 55.8 Å². The summed E-state index contributed by atoms with van der Waals surface area (Å²) in [6, 6.07) is 11.1. The van der Waals surface area contributed by atoms with Gasteiger partial charge < -0.3 is 28.3 Å². The first kappa shape index (κ1) is 24.1. The standard InChI is InChI=1S/C25H23F2NO7/c1-14-8-18(15(2)28(14)11-16-4-6-20-23(9-16)34-13-33-20)19(29)12-32-24(30)17-5-7-21(35-25(26)27)22(10-17)31-3/h4-10,25H,11-13H2,1-3H3. The van der Waals surface area contributed by atoms with E-state index in [-0.39, 0.29) is 29.6 Å². The van der Waals surface area contributed by atoms with Gasteiger partial charge in [-0.1, -0.05) is 6.07 Å². The van der Waals surface area contributed by atoms with Crippen LogP contribution < -0.4 is 18.9 Å². The number of esters is 1. The van der Waals surface area contributed by atoms with Crippen molar-refractivity contribution in [2.45, 2.75) is 27.0 Å². The molecule has 0 radical (unpaired) electrons. The van der Waals surface area contributed by atoms with E-state index in [1.54, 1.807) is 6.07 Å². The highest BCUT2D eigenvalue weighted by Crippen LogP contribution is 2.33. The Hall–Kier alpha value is -4.08. The van der Waals surface area contributed by atoms with Crippen molar-refractivity contribution in [1.82, 2.24) is 4.57 Å². The van der Waals surface area contributed by atoms with Gasteiger partial charge in [0.05, 0.1) is 12.7 Å². The minimum atomic E-state index is -3.04. The van der Waals surface area contributed by atoms with Crippen LogP contribution in [-0.2, 0) is 11.3 Å². The van der Waals surface area contributed by atoms with Crippen LogP contribution in [0.1, 0.15) is 37.7 Å². The van der Waals surface area contributed by atoms with Crippen molar-refractivity contribution in [3.05, 3.63) is 70.5 Å². The predicted octanol–water partition coefficient (Wildman–Crippen LogP) is 4.53. The van der Waals surface area contributed by atoms with Crippen LogP contribution in [0.3, 0.4) is 0 Å². The van der Waals surface area contributed by atoms with Crippen molar-refractivity contribution in [2.75, 3.05) is 20.5 Å². The number of benzene rings is 2. The number of methoxy groups -OCH3 is 1. The maximum absolute atomic E-state index is 12.8. The van der Waals surface area contributed by atoms with E-state index >= 15 is 0 Å². The first-order valence-electron chi connectivity index (χ1n) is 10.6. The summed E-state index contributed by atoms with van der Waals surface area (Å²) in [7, 11) is 1.26. The maximum Gasteiger partial charge on any atom is 0.387 e. The molecule has 0 fully saturated rings. The lowest BCUT2D eigenvalue weighted by atomic mass is 10.1. The van der Waals surface area contributed by atoms with Crippen molar-refractivity contribution < 1.29 is 42.1 Å². The summed E-state index contributed by atoms with van der Waals surface area (Å²) in [6.45, 7) is 0.903. The molecule has 0 N–H and O–H groups in total. The van der Waals surface area contributed by atoms with E-state index in [1.807, 2.05) is 36.6 Å². The summed E-state index contributed by atoms with van der Waals surface area (Å²) in [5, 5.41) is 0. The molecule has 4 rings (SSSR count). The summed E-state index contributed by atoms with van der Waals surface area (Å²) >= 11 is 0. The third-order valence-corrected chi connectivity index (χ3v) is 5.60. The minimum absolute atomic E-state index is 0.0320. The number of aryl methyl sites for hydroxylation is 1. The number of hydrogen-bond donors (Lipinski definition) is 0. The molecule has 0 atom stereocenters. The number of Topliss-reactive ketones (excluding diaryl/α,β-unsaturated/α-hetero) is 1. The Labute approximate surface area is 199 Å². The number of alkyl halides is 2. The monoisotopic (exact) mass is 487 g/mol. The molecule has 0 amide bonds. The first-order chi connectivity index (χ1) is 16.8. The third-order valence-electron chi connectivity index (χ3n) is 5.60. The van der Waals surface area contributed by atoms with Gasteiger partial charge in [-0.2, -0.15) is 8.78 Å². The Morgan fingerprint density at radius 3 is 2.54 bits per heavy atom. The summed E-state index contributed by atoms with van der Waals surface area (Å²) < 4.78 is 52.2. The number of aromatic nitrogens is 1. The lowest BCUT2D eigenvalue weighted by Crippen LogP contribution is -2.15. The van der Waals surface area contributed by atoms with E-state index in [9.17, 15) is 18.4 Å². The Morgan fingerprint density at radius 2 is 1.80 bits per heavy atom. The third kappa shape index (κ3) is 5.21. The second-order valence-corrected chi connectivity index (χ2v) is 7.80. The van der Waals surface area contributed by atoms with E-state index in [2.05, 4.69) is 4.74 Å². The van der Waals surface area contributed by atoms with Crippen LogP contribution in [0.15, 0.2) is 42.5 Å². The van der Waals surface area contributed by atoms with Crippen molar-refractivity contribution in [1.29, 1.82) is 0 Å². The highest BCUT2D eigenvalue weighted by molar-refractivity contribution is 6.00.